The SMILES string of the molecule is CCOc1ccc(CN2CCc3nc(S(C)(=O)=O)[nH]c(=O)c3C2)cc1[N+](=O)[O-]. The molecule has 0 aliphatic carbocycles. The van der Waals surface area contributed by atoms with Crippen LogP contribution in [-0.2, 0) is 29.3 Å². The van der Waals surface area contributed by atoms with Crippen LogP contribution in [-0.4, -0.2) is 47.6 Å². The number of hydrogen-bond donors (Lipinski definition) is 1. The van der Waals surface area contributed by atoms with Crippen molar-refractivity contribution in [3.05, 3.63) is 55.5 Å². The van der Waals surface area contributed by atoms with Crippen LogP contribution < -0.4 is 10.3 Å². The van der Waals surface area contributed by atoms with E-state index in [4.69, 9.17) is 4.74 Å². The lowest BCUT2D eigenvalue weighted by molar-refractivity contribution is -0.385. The van der Waals surface area contributed by atoms with E-state index in [1.165, 1.54) is 6.07 Å². The summed E-state index contributed by atoms with van der Waals surface area (Å²) < 4.78 is 28.5. The maximum atomic E-state index is 12.3. The van der Waals surface area contributed by atoms with E-state index in [2.05, 4.69) is 9.97 Å². The first-order valence-corrected chi connectivity index (χ1v) is 10.5. The van der Waals surface area contributed by atoms with Crippen LogP contribution in [0.3, 0.4) is 0 Å². The first-order chi connectivity index (χ1) is 13.2. The standard InChI is InChI=1S/C17H20N4O6S/c1-3-27-15-5-4-11(8-14(15)21(23)24)9-20-7-6-13-12(10-20)16(22)19-17(18-13)28(2,25)26/h4-5,8H,3,6-7,9-10H2,1-2H3,(H,18,19,22). The third-order valence-electron chi connectivity index (χ3n) is 4.40. The Labute approximate surface area is 161 Å². The minimum atomic E-state index is -3.60. The second-order valence-electron chi connectivity index (χ2n) is 6.52. The molecule has 0 saturated heterocycles. The molecular weight excluding hydrogens is 388 g/mol. The molecule has 2 heterocycles. The number of sulfone groups is 1. The summed E-state index contributed by atoms with van der Waals surface area (Å²) in [6.07, 6.45) is 1.41. The zero-order chi connectivity index (χ0) is 20.5. The monoisotopic (exact) mass is 408 g/mol. The molecule has 0 saturated carbocycles. The molecule has 1 aliphatic rings. The number of benzene rings is 1. The number of fused-ring (bicyclic) bond motifs is 1. The molecule has 0 radical (unpaired) electrons. The number of aromatic nitrogens is 2. The summed E-state index contributed by atoms with van der Waals surface area (Å²) in [4.78, 5) is 31.4. The summed E-state index contributed by atoms with van der Waals surface area (Å²) >= 11 is 0. The fourth-order valence-electron chi connectivity index (χ4n) is 3.11. The van der Waals surface area contributed by atoms with Gasteiger partial charge in [0, 0.05) is 38.4 Å². The molecule has 1 aromatic carbocycles. The Morgan fingerprint density at radius 3 is 2.79 bits per heavy atom. The third-order valence-corrected chi connectivity index (χ3v) is 5.30. The van der Waals surface area contributed by atoms with E-state index in [-0.39, 0.29) is 23.1 Å². The lowest BCUT2D eigenvalue weighted by Gasteiger charge is -2.27. The molecule has 1 aromatic heterocycles. The lowest BCUT2D eigenvalue weighted by Crippen LogP contribution is -2.36. The third kappa shape index (κ3) is 4.20. The van der Waals surface area contributed by atoms with Crippen LogP contribution in [0.5, 0.6) is 5.75 Å². The van der Waals surface area contributed by atoms with E-state index in [0.717, 1.165) is 11.8 Å². The van der Waals surface area contributed by atoms with Gasteiger partial charge in [-0.2, -0.15) is 0 Å². The summed E-state index contributed by atoms with van der Waals surface area (Å²) in [5.74, 6) is 0.217. The Balaban J connectivity index is 1.83. The summed E-state index contributed by atoms with van der Waals surface area (Å²) in [5, 5.41) is 10.9. The van der Waals surface area contributed by atoms with Gasteiger partial charge in [0.05, 0.1) is 22.8 Å². The van der Waals surface area contributed by atoms with Crippen LogP contribution >= 0.6 is 0 Å². The number of nitro groups is 1. The molecule has 11 heteroatoms. The molecule has 0 spiro atoms. The summed E-state index contributed by atoms with van der Waals surface area (Å²) in [6.45, 7) is 3.31. The van der Waals surface area contributed by atoms with Crippen molar-refractivity contribution in [2.24, 2.45) is 0 Å². The number of nitrogens with one attached hydrogen (secondary N) is 1. The van der Waals surface area contributed by atoms with Crippen molar-refractivity contribution >= 4 is 15.5 Å². The number of nitrogens with zero attached hydrogens (tertiary/aromatic N) is 3. The highest BCUT2D eigenvalue weighted by Crippen LogP contribution is 2.29. The fraction of sp³-hybridized carbons (Fsp3) is 0.412. The average Bonchev–Trinajstić information content (AvgIpc) is 2.62. The predicted molar refractivity (Wildman–Crippen MR) is 100 cm³/mol. The normalized spacial score (nSPS) is 14.5. The van der Waals surface area contributed by atoms with Crippen LogP contribution in [0.25, 0.3) is 0 Å². The van der Waals surface area contributed by atoms with E-state index in [1.807, 2.05) is 4.90 Å². The second-order valence-corrected chi connectivity index (χ2v) is 8.45. The topological polar surface area (TPSA) is 136 Å². The Bertz CT molecular complexity index is 1080. The van der Waals surface area contributed by atoms with Crippen molar-refractivity contribution in [1.82, 2.24) is 14.9 Å². The summed E-state index contributed by atoms with van der Waals surface area (Å²) in [6, 6.07) is 4.79. The van der Waals surface area contributed by atoms with Gasteiger partial charge in [0.2, 0.25) is 15.0 Å². The van der Waals surface area contributed by atoms with E-state index < -0.39 is 20.3 Å². The van der Waals surface area contributed by atoms with Gasteiger partial charge in [0.15, 0.2) is 5.75 Å². The number of rotatable bonds is 6. The zero-order valence-corrected chi connectivity index (χ0v) is 16.3. The number of aromatic amines is 1. The van der Waals surface area contributed by atoms with E-state index in [0.29, 0.717) is 37.4 Å². The van der Waals surface area contributed by atoms with Gasteiger partial charge in [-0.25, -0.2) is 13.4 Å². The molecule has 0 bridgehead atoms. The van der Waals surface area contributed by atoms with Crippen LogP contribution in [0.2, 0.25) is 0 Å². The Hall–Kier alpha value is -2.79. The van der Waals surface area contributed by atoms with Crippen molar-refractivity contribution in [3.8, 4) is 5.75 Å². The van der Waals surface area contributed by atoms with Crippen LogP contribution in [0.15, 0.2) is 28.2 Å². The molecule has 0 atom stereocenters. The molecule has 28 heavy (non-hydrogen) atoms. The Morgan fingerprint density at radius 1 is 1.39 bits per heavy atom. The Morgan fingerprint density at radius 2 is 2.14 bits per heavy atom. The van der Waals surface area contributed by atoms with Crippen molar-refractivity contribution in [2.75, 3.05) is 19.4 Å². The van der Waals surface area contributed by atoms with Crippen molar-refractivity contribution < 1.29 is 18.1 Å². The minimum absolute atomic E-state index is 0.103. The molecule has 2 aromatic rings. The smallest absolute Gasteiger partial charge is 0.311 e. The number of ether oxygens (including phenoxy) is 1. The first-order valence-electron chi connectivity index (χ1n) is 8.63. The number of hydrogen-bond acceptors (Lipinski definition) is 8. The molecule has 0 amide bonds. The highest BCUT2D eigenvalue weighted by atomic mass is 32.2. The van der Waals surface area contributed by atoms with Crippen molar-refractivity contribution in [3.63, 3.8) is 0 Å². The molecule has 0 unspecified atom stereocenters. The minimum Gasteiger partial charge on any atom is -0.487 e. The molecular formula is C17H20N4O6S. The lowest BCUT2D eigenvalue weighted by atomic mass is 10.1. The maximum Gasteiger partial charge on any atom is 0.311 e. The van der Waals surface area contributed by atoms with Gasteiger partial charge in [-0.05, 0) is 18.6 Å². The van der Waals surface area contributed by atoms with Crippen molar-refractivity contribution in [1.29, 1.82) is 0 Å². The quantitative estimate of drug-likeness (QED) is 0.425. The van der Waals surface area contributed by atoms with Gasteiger partial charge in [-0.1, -0.05) is 6.07 Å². The van der Waals surface area contributed by atoms with Crippen LogP contribution in [0.1, 0.15) is 23.7 Å². The molecule has 1 N–H and O–H groups in total. The van der Waals surface area contributed by atoms with Gasteiger partial charge in [0.25, 0.3) is 5.56 Å². The second kappa shape index (κ2) is 7.68. The van der Waals surface area contributed by atoms with Crippen molar-refractivity contribution in [2.45, 2.75) is 31.6 Å². The van der Waals surface area contributed by atoms with Gasteiger partial charge in [-0.15, -0.1) is 0 Å². The fourth-order valence-corrected chi connectivity index (χ4v) is 3.66. The first kappa shape index (κ1) is 20.0. The zero-order valence-electron chi connectivity index (χ0n) is 15.5. The van der Waals surface area contributed by atoms with Gasteiger partial charge < -0.3 is 4.74 Å². The molecule has 10 nitrogen and oxygen atoms in total. The average molecular weight is 408 g/mol. The van der Waals surface area contributed by atoms with E-state index >= 15 is 0 Å². The number of nitro benzene ring substituents is 1. The highest BCUT2D eigenvalue weighted by molar-refractivity contribution is 7.90. The van der Waals surface area contributed by atoms with Gasteiger partial charge in [0.1, 0.15) is 0 Å². The number of H-pyrrole nitrogens is 1. The van der Waals surface area contributed by atoms with Crippen LogP contribution in [0.4, 0.5) is 5.69 Å². The molecule has 0 fully saturated rings. The summed E-state index contributed by atoms with van der Waals surface area (Å²) in [5.41, 5.74) is 1.02. The molecule has 3 rings (SSSR count). The summed E-state index contributed by atoms with van der Waals surface area (Å²) in [7, 11) is -3.60. The molecule has 1 aliphatic heterocycles. The van der Waals surface area contributed by atoms with Crippen LogP contribution in [0, 0.1) is 10.1 Å². The molecule has 150 valence electrons. The largest absolute Gasteiger partial charge is 0.487 e. The van der Waals surface area contributed by atoms with E-state index in [9.17, 15) is 23.3 Å². The predicted octanol–water partition coefficient (Wildman–Crippen LogP) is 1.04. The maximum absolute atomic E-state index is 12.3. The van der Waals surface area contributed by atoms with Gasteiger partial charge >= 0.3 is 5.69 Å². The van der Waals surface area contributed by atoms with E-state index in [1.54, 1.807) is 19.1 Å². The Kier molecular flexibility index (Phi) is 5.47. The van der Waals surface area contributed by atoms with Gasteiger partial charge in [-0.3, -0.25) is 24.8 Å². The highest BCUT2D eigenvalue weighted by Gasteiger charge is 2.24.